The zero-order chi connectivity index (χ0) is 27.5. The van der Waals surface area contributed by atoms with Crippen LogP contribution in [0.25, 0.3) is 22.2 Å². The zero-order valence-corrected chi connectivity index (χ0v) is 21.7. The molecule has 1 aromatic carbocycles. The highest BCUT2D eigenvalue weighted by Crippen LogP contribution is 2.36. The van der Waals surface area contributed by atoms with Gasteiger partial charge in [-0.3, -0.25) is 14.1 Å². The Labute approximate surface area is 222 Å². The third-order valence-electron chi connectivity index (χ3n) is 7.57. The SMILES string of the molecule is NC1CC(n2c(=O)c(-c3c(F)ccc(NS(=O)(=O)N4CC[C@@H](F)C4)c3F)cc3cnc(NCC4CC4)nc32)C1. The fourth-order valence-electron chi connectivity index (χ4n) is 5.11. The lowest BCUT2D eigenvalue weighted by Crippen LogP contribution is -2.42. The maximum absolute atomic E-state index is 15.8. The lowest BCUT2D eigenvalue weighted by atomic mass is 9.87. The summed E-state index contributed by atoms with van der Waals surface area (Å²) >= 11 is 0. The van der Waals surface area contributed by atoms with Crippen molar-refractivity contribution in [1.29, 1.82) is 0 Å². The average Bonchev–Trinajstić information content (AvgIpc) is 3.60. The van der Waals surface area contributed by atoms with Gasteiger partial charge in [0.1, 0.15) is 17.6 Å². The average molecular weight is 564 g/mol. The van der Waals surface area contributed by atoms with Crippen LogP contribution in [0.1, 0.15) is 38.1 Å². The lowest BCUT2D eigenvalue weighted by Gasteiger charge is -2.34. The van der Waals surface area contributed by atoms with Crippen molar-refractivity contribution in [2.45, 2.75) is 50.4 Å². The van der Waals surface area contributed by atoms with E-state index < -0.39 is 44.8 Å². The lowest BCUT2D eigenvalue weighted by molar-refractivity contribution is 0.267. The molecule has 2 aromatic heterocycles. The maximum Gasteiger partial charge on any atom is 0.301 e. The first kappa shape index (κ1) is 26.0. The highest BCUT2D eigenvalue weighted by molar-refractivity contribution is 7.90. The molecular weight excluding hydrogens is 535 g/mol. The van der Waals surface area contributed by atoms with Crippen LogP contribution >= 0.6 is 0 Å². The minimum Gasteiger partial charge on any atom is -0.354 e. The van der Waals surface area contributed by atoms with Crippen LogP contribution in [0, 0.1) is 17.6 Å². The maximum atomic E-state index is 15.8. The number of nitrogens with one attached hydrogen (secondary N) is 2. The van der Waals surface area contributed by atoms with E-state index >= 15 is 8.78 Å². The second-order valence-corrected chi connectivity index (χ2v) is 12.2. The van der Waals surface area contributed by atoms with Gasteiger partial charge in [0.05, 0.1) is 16.8 Å². The van der Waals surface area contributed by atoms with Gasteiger partial charge in [-0.2, -0.15) is 17.7 Å². The molecule has 39 heavy (non-hydrogen) atoms. The monoisotopic (exact) mass is 563 g/mol. The Kier molecular flexibility index (Phi) is 6.50. The molecule has 3 fully saturated rings. The molecule has 3 aromatic rings. The van der Waals surface area contributed by atoms with Crippen LogP contribution in [0.5, 0.6) is 0 Å². The van der Waals surface area contributed by atoms with E-state index in [0.29, 0.717) is 42.3 Å². The zero-order valence-electron chi connectivity index (χ0n) is 20.9. The molecule has 1 atom stereocenters. The molecule has 6 rings (SSSR count). The minimum atomic E-state index is -4.30. The largest absolute Gasteiger partial charge is 0.354 e. The van der Waals surface area contributed by atoms with Gasteiger partial charge in [-0.15, -0.1) is 0 Å². The molecule has 3 heterocycles. The van der Waals surface area contributed by atoms with Crippen molar-refractivity contribution in [2.24, 2.45) is 11.7 Å². The number of alkyl halides is 1. The van der Waals surface area contributed by atoms with Crippen molar-refractivity contribution in [3.05, 3.63) is 46.4 Å². The van der Waals surface area contributed by atoms with Crippen molar-refractivity contribution in [3.8, 4) is 11.1 Å². The van der Waals surface area contributed by atoms with Crippen LogP contribution in [0.3, 0.4) is 0 Å². The molecule has 1 aliphatic heterocycles. The summed E-state index contributed by atoms with van der Waals surface area (Å²) < 4.78 is 74.2. The number of hydrogen-bond donors (Lipinski definition) is 3. The van der Waals surface area contributed by atoms with E-state index in [1.54, 1.807) is 0 Å². The Hall–Kier alpha value is -3.23. The van der Waals surface area contributed by atoms with Gasteiger partial charge < -0.3 is 11.1 Å². The van der Waals surface area contributed by atoms with Gasteiger partial charge in [-0.05, 0) is 56.2 Å². The number of nitrogens with two attached hydrogens (primary N) is 1. The third-order valence-corrected chi connectivity index (χ3v) is 9.06. The second-order valence-electron chi connectivity index (χ2n) is 10.6. The summed E-state index contributed by atoms with van der Waals surface area (Å²) in [5.74, 6) is -1.38. The molecule has 2 aliphatic carbocycles. The normalized spacial score (nSPS) is 23.6. The third kappa shape index (κ3) is 4.96. The van der Waals surface area contributed by atoms with E-state index in [2.05, 4.69) is 20.0 Å². The molecule has 4 N–H and O–H groups in total. The van der Waals surface area contributed by atoms with Gasteiger partial charge in [0.25, 0.3) is 5.56 Å². The Balaban J connectivity index is 1.43. The number of halogens is 3. The van der Waals surface area contributed by atoms with Gasteiger partial charge in [-0.1, -0.05) is 0 Å². The van der Waals surface area contributed by atoms with E-state index in [4.69, 9.17) is 5.73 Å². The van der Waals surface area contributed by atoms with Gasteiger partial charge >= 0.3 is 10.2 Å². The first-order valence-electron chi connectivity index (χ1n) is 12.9. The van der Waals surface area contributed by atoms with Crippen molar-refractivity contribution >= 4 is 32.9 Å². The first-order valence-corrected chi connectivity index (χ1v) is 14.4. The number of hydrogen-bond acceptors (Lipinski definition) is 7. The van der Waals surface area contributed by atoms with Crippen LogP contribution in [-0.2, 0) is 10.2 Å². The summed E-state index contributed by atoms with van der Waals surface area (Å²) in [5, 5.41) is 3.56. The van der Waals surface area contributed by atoms with Crippen LogP contribution in [0.4, 0.5) is 24.8 Å². The molecule has 14 heteroatoms. The molecule has 1 saturated heterocycles. The van der Waals surface area contributed by atoms with Crippen molar-refractivity contribution < 1.29 is 21.6 Å². The van der Waals surface area contributed by atoms with Gasteiger partial charge in [0.2, 0.25) is 5.95 Å². The molecule has 0 radical (unpaired) electrons. The fraction of sp³-hybridized carbons (Fsp3) is 0.480. The summed E-state index contributed by atoms with van der Waals surface area (Å²) in [5.41, 5.74) is 4.09. The summed E-state index contributed by atoms with van der Waals surface area (Å²) in [4.78, 5) is 22.6. The molecule has 10 nitrogen and oxygen atoms in total. The van der Waals surface area contributed by atoms with Gasteiger partial charge in [0.15, 0.2) is 5.82 Å². The fourth-order valence-corrected chi connectivity index (χ4v) is 6.38. The number of nitrogens with zero attached hydrogens (tertiary/aromatic N) is 4. The van der Waals surface area contributed by atoms with E-state index in [0.717, 1.165) is 29.3 Å². The molecule has 0 amide bonds. The number of pyridine rings is 1. The summed E-state index contributed by atoms with van der Waals surface area (Å²) in [6.45, 7) is 0.286. The topological polar surface area (TPSA) is 135 Å². The predicted octanol–water partition coefficient (Wildman–Crippen LogP) is 2.92. The van der Waals surface area contributed by atoms with Crippen LogP contribution in [0.15, 0.2) is 29.2 Å². The molecule has 2 saturated carbocycles. The van der Waals surface area contributed by atoms with Gasteiger partial charge in [-0.25, -0.2) is 18.2 Å². The van der Waals surface area contributed by atoms with Crippen LogP contribution in [-0.4, -0.2) is 59.1 Å². The van der Waals surface area contributed by atoms with Gasteiger partial charge in [0, 0.05) is 43.3 Å². The Morgan fingerprint density at radius 3 is 2.59 bits per heavy atom. The number of rotatable bonds is 8. The van der Waals surface area contributed by atoms with E-state index in [9.17, 15) is 17.6 Å². The molecule has 0 unspecified atom stereocenters. The Morgan fingerprint density at radius 2 is 1.92 bits per heavy atom. The van der Waals surface area contributed by atoms with E-state index in [1.165, 1.54) is 16.8 Å². The molecule has 3 aliphatic rings. The number of anilines is 2. The second kappa shape index (κ2) is 9.75. The molecule has 208 valence electrons. The predicted molar refractivity (Wildman–Crippen MR) is 140 cm³/mol. The smallest absolute Gasteiger partial charge is 0.301 e. The highest BCUT2D eigenvalue weighted by Gasteiger charge is 2.34. The molecule has 0 bridgehead atoms. The van der Waals surface area contributed by atoms with E-state index in [-0.39, 0.29) is 37.2 Å². The van der Waals surface area contributed by atoms with Crippen LogP contribution < -0.4 is 21.3 Å². The Bertz CT molecular complexity index is 1610. The molecular formula is C25H28F3N7O3S. The first-order chi connectivity index (χ1) is 18.6. The van der Waals surface area contributed by atoms with Crippen molar-refractivity contribution in [1.82, 2.24) is 18.8 Å². The number of aromatic nitrogens is 3. The summed E-state index contributed by atoms with van der Waals surface area (Å²) in [6.07, 6.45) is 3.44. The van der Waals surface area contributed by atoms with E-state index in [1.807, 2.05) is 0 Å². The van der Waals surface area contributed by atoms with Crippen LogP contribution in [0.2, 0.25) is 0 Å². The number of benzene rings is 1. The van der Waals surface area contributed by atoms with Crippen molar-refractivity contribution in [2.75, 3.05) is 29.7 Å². The summed E-state index contributed by atoms with van der Waals surface area (Å²) in [7, 11) is -4.30. The number of fused-ring (bicyclic) bond motifs is 1. The standard InChI is InChI=1S/C25H28F3N7O3S/c26-15-5-6-34(12-15)39(37,38)33-20-4-3-19(27)21(22(20)28)18-7-14-11-31-25(30-10-13-1-2-13)32-23(14)35(24(18)36)17-8-16(29)9-17/h3-4,7,11,13,15-17,33H,1-2,5-6,8-10,12,29H2,(H,30,31,32)/t15-,16?,17?/m1/s1. The Morgan fingerprint density at radius 1 is 1.15 bits per heavy atom. The quantitative estimate of drug-likeness (QED) is 0.384. The van der Waals surface area contributed by atoms with Crippen molar-refractivity contribution in [3.63, 3.8) is 0 Å². The minimum absolute atomic E-state index is 0.0272. The molecule has 0 spiro atoms. The highest BCUT2D eigenvalue weighted by atomic mass is 32.2. The summed E-state index contributed by atoms with van der Waals surface area (Å²) in [6, 6.07) is 2.69.